The van der Waals surface area contributed by atoms with Crippen LogP contribution in [-0.2, 0) is 9.59 Å². The van der Waals surface area contributed by atoms with Gasteiger partial charge in [-0.1, -0.05) is 29.3 Å². The molecule has 7 nitrogen and oxygen atoms in total. The first-order valence-electron chi connectivity index (χ1n) is 11.8. The van der Waals surface area contributed by atoms with E-state index in [2.05, 4.69) is 11.1 Å². The molecule has 2 fully saturated rings. The summed E-state index contributed by atoms with van der Waals surface area (Å²) in [6, 6.07) is 11.0. The molecule has 4 atom stereocenters. The molecule has 2 aliphatic rings. The summed E-state index contributed by atoms with van der Waals surface area (Å²) in [7, 11) is 0. The number of likely N-dealkylation sites (tertiary alicyclic amines) is 2. The molecule has 1 aromatic carbocycles. The lowest BCUT2D eigenvalue weighted by Gasteiger charge is -2.33. The number of amides is 2. The van der Waals surface area contributed by atoms with Gasteiger partial charge < -0.3 is 14.5 Å². The van der Waals surface area contributed by atoms with E-state index in [0.29, 0.717) is 47.7 Å². The van der Waals surface area contributed by atoms with Gasteiger partial charge in [0.1, 0.15) is 12.2 Å². The van der Waals surface area contributed by atoms with Gasteiger partial charge in [0.05, 0.1) is 21.5 Å². The van der Waals surface area contributed by atoms with Crippen molar-refractivity contribution in [2.75, 3.05) is 26.2 Å². The summed E-state index contributed by atoms with van der Waals surface area (Å²) in [5.41, 5.74) is 1.46. The Morgan fingerprint density at radius 1 is 1.14 bits per heavy atom. The molecule has 0 radical (unpaired) electrons. The van der Waals surface area contributed by atoms with E-state index in [1.807, 2.05) is 24.0 Å². The van der Waals surface area contributed by atoms with E-state index in [-0.39, 0.29) is 35.7 Å². The SMILES string of the molecule is CC(=O)N1CCCC(C(=O)N2CC(c3ccc(Cl)c(Cl)c3)C(C(C)Oc3ccc(C#N)cn3)C2)C1. The molecular formula is C26H28Cl2N4O3. The molecule has 2 saturated heterocycles. The van der Waals surface area contributed by atoms with Crippen molar-refractivity contribution in [3.63, 3.8) is 0 Å². The van der Waals surface area contributed by atoms with Crippen molar-refractivity contribution in [2.24, 2.45) is 11.8 Å². The minimum atomic E-state index is -0.257. The predicted octanol–water partition coefficient (Wildman–Crippen LogP) is 4.53. The van der Waals surface area contributed by atoms with Gasteiger partial charge in [0, 0.05) is 57.2 Å². The van der Waals surface area contributed by atoms with Gasteiger partial charge >= 0.3 is 0 Å². The third-order valence-corrected chi connectivity index (χ3v) is 7.78. The Balaban J connectivity index is 1.55. The number of benzene rings is 1. The predicted molar refractivity (Wildman–Crippen MR) is 133 cm³/mol. The molecule has 0 spiro atoms. The van der Waals surface area contributed by atoms with Gasteiger partial charge in [0.15, 0.2) is 0 Å². The molecule has 3 heterocycles. The van der Waals surface area contributed by atoms with Crippen molar-refractivity contribution in [2.45, 2.75) is 38.7 Å². The molecule has 2 amide bonds. The zero-order chi connectivity index (χ0) is 25.1. The number of carbonyl (C=O) groups is 2. The molecule has 9 heteroatoms. The molecule has 0 N–H and O–H groups in total. The summed E-state index contributed by atoms with van der Waals surface area (Å²) in [5, 5.41) is 9.96. The van der Waals surface area contributed by atoms with Gasteiger partial charge in [0.2, 0.25) is 17.7 Å². The number of nitrogens with zero attached hydrogens (tertiary/aromatic N) is 4. The average Bonchev–Trinajstić information content (AvgIpc) is 3.31. The van der Waals surface area contributed by atoms with Gasteiger partial charge in [-0.3, -0.25) is 9.59 Å². The molecule has 1 aromatic heterocycles. The highest BCUT2D eigenvalue weighted by atomic mass is 35.5. The zero-order valence-corrected chi connectivity index (χ0v) is 21.3. The Hall–Kier alpha value is -2.82. The number of hydrogen-bond acceptors (Lipinski definition) is 5. The smallest absolute Gasteiger partial charge is 0.227 e. The van der Waals surface area contributed by atoms with E-state index in [9.17, 15) is 9.59 Å². The Morgan fingerprint density at radius 3 is 2.60 bits per heavy atom. The first kappa shape index (κ1) is 25.3. The summed E-state index contributed by atoms with van der Waals surface area (Å²) >= 11 is 12.5. The largest absolute Gasteiger partial charge is 0.474 e. The Labute approximate surface area is 215 Å². The van der Waals surface area contributed by atoms with Crippen molar-refractivity contribution in [1.29, 1.82) is 5.26 Å². The lowest BCUT2D eigenvalue weighted by Crippen LogP contribution is -2.46. The van der Waals surface area contributed by atoms with Crippen LogP contribution in [0.25, 0.3) is 0 Å². The fourth-order valence-corrected chi connectivity index (χ4v) is 5.40. The zero-order valence-electron chi connectivity index (χ0n) is 19.8. The number of piperidine rings is 1. The second-order valence-corrected chi connectivity index (χ2v) is 10.1. The third-order valence-electron chi connectivity index (χ3n) is 7.04. The van der Waals surface area contributed by atoms with Crippen LogP contribution in [0.4, 0.5) is 0 Å². The lowest BCUT2D eigenvalue weighted by molar-refractivity contribution is -0.139. The monoisotopic (exact) mass is 514 g/mol. The highest BCUT2D eigenvalue weighted by Crippen LogP contribution is 2.39. The van der Waals surface area contributed by atoms with Crippen molar-refractivity contribution in [1.82, 2.24) is 14.8 Å². The van der Waals surface area contributed by atoms with Crippen LogP contribution in [-0.4, -0.2) is 58.9 Å². The molecule has 4 unspecified atom stereocenters. The Kier molecular flexibility index (Phi) is 7.83. The van der Waals surface area contributed by atoms with E-state index in [1.165, 1.54) is 6.20 Å². The maximum absolute atomic E-state index is 13.5. The van der Waals surface area contributed by atoms with E-state index < -0.39 is 0 Å². The standard InChI is InChI=1S/C26H28Cl2N4O3/c1-16(35-25-8-5-18(11-29)12-30-25)21-14-32(15-22(21)19-6-7-23(27)24(28)10-19)26(34)20-4-3-9-31(13-20)17(2)33/h5-8,10,12,16,20-22H,3-4,9,13-15H2,1-2H3. The molecule has 2 aliphatic heterocycles. The summed E-state index contributed by atoms with van der Waals surface area (Å²) in [6.45, 7) is 5.75. The first-order valence-corrected chi connectivity index (χ1v) is 12.5. The fourth-order valence-electron chi connectivity index (χ4n) is 5.10. The molecule has 2 aromatic rings. The molecular weight excluding hydrogens is 487 g/mol. The summed E-state index contributed by atoms with van der Waals surface area (Å²) in [5.74, 6) is 0.297. The molecule has 35 heavy (non-hydrogen) atoms. The molecule has 4 rings (SSSR count). The number of halogens is 2. The Morgan fingerprint density at radius 2 is 1.94 bits per heavy atom. The van der Waals surface area contributed by atoms with Crippen LogP contribution in [0.3, 0.4) is 0 Å². The van der Waals surface area contributed by atoms with Gasteiger partial charge in [-0.2, -0.15) is 5.26 Å². The number of pyridine rings is 1. The van der Waals surface area contributed by atoms with E-state index in [0.717, 1.165) is 18.4 Å². The van der Waals surface area contributed by atoms with Crippen LogP contribution < -0.4 is 4.74 Å². The number of ether oxygens (including phenoxy) is 1. The van der Waals surface area contributed by atoms with Crippen LogP contribution in [0.1, 0.15) is 43.7 Å². The van der Waals surface area contributed by atoms with E-state index in [1.54, 1.807) is 30.0 Å². The van der Waals surface area contributed by atoms with Gasteiger partial charge in [0.25, 0.3) is 0 Å². The number of nitriles is 1. The average molecular weight is 515 g/mol. The van der Waals surface area contributed by atoms with Crippen LogP contribution >= 0.6 is 23.2 Å². The highest BCUT2D eigenvalue weighted by Gasteiger charge is 2.42. The lowest BCUT2D eigenvalue weighted by atomic mass is 9.86. The van der Waals surface area contributed by atoms with Gasteiger partial charge in [-0.25, -0.2) is 4.98 Å². The molecule has 0 bridgehead atoms. The van der Waals surface area contributed by atoms with E-state index >= 15 is 0 Å². The second kappa shape index (κ2) is 10.8. The van der Waals surface area contributed by atoms with Crippen molar-refractivity contribution in [3.05, 3.63) is 57.7 Å². The minimum absolute atomic E-state index is 0.00500. The maximum atomic E-state index is 13.5. The van der Waals surface area contributed by atoms with Crippen LogP contribution in [0.2, 0.25) is 10.0 Å². The minimum Gasteiger partial charge on any atom is -0.474 e. The highest BCUT2D eigenvalue weighted by molar-refractivity contribution is 6.42. The fraction of sp³-hybridized carbons (Fsp3) is 0.462. The van der Waals surface area contributed by atoms with Crippen LogP contribution in [0.5, 0.6) is 5.88 Å². The third kappa shape index (κ3) is 5.71. The van der Waals surface area contributed by atoms with Crippen molar-refractivity contribution in [3.8, 4) is 11.9 Å². The second-order valence-electron chi connectivity index (χ2n) is 9.31. The van der Waals surface area contributed by atoms with Crippen molar-refractivity contribution < 1.29 is 14.3 Å². The normalized spacial score (nSPS) is 23.0. The first-order chi connectivity index (χ1) is 16.8. The summed E-state index contributed by atoms with van der Waals surface area (Å²) in [6.07, 6.45) is 2.83. The van der Waals surface area contributed by atoms with Crippen LogP contribution in [0, 0.1) is 23.2 Å². The quantitative estimate of drug-likeness (QED) is 0.584. The molecule has 0 saturated carbocycles. The van der Waals surface area contributed by atoms with Crippen molar-refractivity contribution >= 4 is 35.0 Å². The maximum Gasteiger partial charge on any atom is 0.227 e. The Bertz CT molecular complexity index is 1130. The van der Waals surface area contributed by atoms with Crippen LogP contribution in [0.15, 0.2) is 36.5 Å². The van der Waals surface area contributed by atoms with Gasteiger partial charge in [-0.05, 0) is 43.5 Å². The topological polar surface area (TPSA) is 86.5 Å². The number of rotatable bonds is 5. The number of aromatic nitrogens is 1. The summed E-state index contributed by atoms with van der Waals surface area (Å²) < 4.78 is 6.16. The number of carbonyl (C=O) groups excluding carboxylic acids is 2. The van der Waals surface area contributed by atoms with E-state index in [4.69, 9.17) is 33.2 Å². The molecule has 0 aliphatic carbocycles. The summed E-state index contributed by atoms with van der Waals surface area (Å²) in [4.78, 5) is 33.3. The number of hydrogen-bond donors (Lipinski definition) is 0. The molecule has 184 valence electrons. The van der Waals surface area contributed by atoms with Gasteiger partial charge in [-0.15, -0.1) is 0 Å².